The summed E-state index contributed by atoms with van der Waals surface area (Å²) >= 11 is 0. The summed E-state index contributed by atoms with van der Waals surface area (Å²) in [6.07, 6.45) is 3.77. The molecule has 1 saturated heterocycles. The molecule has 2 heterocycles. The first-order valence-corrected chi connectivity index (χ1v) is 12.1. The molecule has 4 rings (SSSR count). The molecule has 166 valence electrons. The highest BCUT2D eigenvalue weighted by Crippen LogP contribution is 2.36. The maximum absolute atomic E-state index is 12.8. The third kappa shape index (κ3) is 4.56. The number of aromatic amines is 1. The van der Waals surface area contributed by atoms with Crippen LogP contribution in [0.4, 0.5) is 0 Å². The zero-order valence-corrected chi connectivity index (χ0v) is 18.7. The van der Waals surface area contributed by atoms with Gasteiger partial charge < -0.3 is 14.5 Å². The van der Waals surface area contributed by atoms with E-state index < -0.39 is 10.2 Å². The lowest BCUT2D eigenvalue weighted by molar-refractivity contribution is 0.310. The van der Waals surface area contributed by atoms with Gasteiger partial charge in [-0.2, -0.15) is 12.7 Å². The van der Waals surface area contributed by atoms with E-state index in [0.717, 1.165) is 34.9 Å². The second kappa shape index (κ2) is 9.30. The van der Waals surface area contributed by atoms with Crippen molar-refractivity contribution in [1.29, 1.82) is 0 Å². The fourth-order valence-electron chi connectivity index (χ4n) is 4.17. The van der Waals surface area contributed by atoms with Crippen molar-refractivity contribution < 1.29 is 17.9 Å². The van der Waals surface area contributed by atoms with Gasteiger partial charge in [0, 0.05) is 42.7 Å². The number of nitrogens with one attached hydrogen (secondary N) is 2. The Morgan fingerprint density at radius 1 is 1.13 bits per heavy atom. The van der Waals surface area contributed by atoms with Crippen molar-refractivity contribution >= 4 is 21.1 Å². The number of ether oxygens (including phenoxy) is 2. The monoisotopic (exact) mass is 443 g/mol. The molecule has 31 heavy (non-hydrogen) atoms. The predicted molar refractivity (Wildman–Crippen MR) is 122 cm³/mol. The summed E-state index contributed by atoms with van der Waals surface area (Å²) in [7, 11) is -1.91. The van der Waals surface area contributed by atoms with E-state index >= 15 is 0 Å². The van der Waals surface area contributed by atoms with Gasteiger partial charge in [0.25, 0.3) is 10.2 Å². The number of rotatable bonds is 9. The molecule has 1 aliphatic rings. The normalized spacial score (nSPS) is 15.9. The first-order valence-electron chi connectivity index (χ1n) is 10.6. The fourth-order valence-corrected chi connectivity index (χ4v) is 5.47. The molecule has 1 unspecified atom stereocenters. The molecule has 0 aliphatic carbocycles. The van der Waals surface area contributed by atoms with Crippen LogP contribution >= 0.6 is 0 Å². The zero-order chi connectivity index (χ0) is 21.8. The summed E-state index contributed by atoms with van der Waals surface area (Å²) in [4.78, 5) is 3.31. The molecule has 0 saturated carbocycles. The lowest BCUT2D eigenvalue weighted by Gasteiger charge is -2.22. The topological polar surface area (TPSA) is 83.7 Å². The van der Waals surface area contributed by atoms with Crippen LogP contribution in [-0.4, -0.2) is 51.1 Å². The van der Waals surface area contributed by atoms with Gasteiger partial charge in [0.05, 0.1) is 13.7 Å². The molecule has 2 aromatic carbocycles. The molecule has 2 N–H and O–H groups in total. The van der Waals surface area contributed by atoms with Crippen LogP contribution in [0, 0.1) is 0 Å². The molecule has 0 radical (unpaired) electrons. The zero-order valence-electron chi connectivity index (χ0n) is 17.9. The minimum absolute atomic E-state index is 0.196. The number of para-hydroxylation sites is 1. The molecular formula is C23H29N3O4S. The second-order valence-electron chi connectivity index (χ2n) is 7.65. The Labute approximate surface area is 183 Å². The Hall–Kier alpha value is -2.55. The van der Waals surface area contributed by atoms with Gasteiger partial charge in [-0.3, -0.25) is 0 Å². The average Bonchev–Trinajstić information content (AvgIpc) is 3.46. The maximum atomic E-state index is 12.8. The molecule has 0 spiro atoms. The van der Waals surface area contributed by atoms with Crippen molar-refractivity contribution in [2.45, 2.75) is 25.7 Å². The van der Waals surface area contributed by atoms with Gasteiger partial charge in [0.2, 0.25) is 0 Å². The summed E-state index contributed by atoms with van der Waals surface area (Å²) in [5, 5.41) is 1.07. The van der Waals surface area contributed by atoms with Crippen LogP contribution in [0.15, 0.2) is 48.7 Å². The van der Waals surface area contributed by atoms with E-state index in [-0.39, 0.29) is 12.5 Å². The summed E-state index contributed by atoms with van der Waals surface area (Å²) in [5.74, 6) is 1.11. The van der Waals surface area contributed by atoms with Gasteiger partial charge in [0.15, 0.2) is 11.5 Å². The quantitative estimate of drug-likeness (QED) is 0.529. The summed E-state index contributed by atoms with van der Waals surface area (Å²) in [5.41, 5.74) is 3.00. The van der Waals surface area contributed by atoms with Gasteiger partial charge >= 0.3 is 0 Å². The van der Waals surface area contributed by atoms with Crippen molar-refractivity contribution in [2.24, 2.45) is 0 Å². The molecule has 1 atom stereocenters. The van der Waals surface area contributed by atoms with E-state index in [1.165, 1.54) is 4.31 Å². The van der Waals surface area contributed by atoms with Gasteiger partial charge in [-0.25, -0.2) is 4.72 Å². The number of hydrogen-bond donors (Lipinski definition) is 2. The van der Waals surface area contributed by atoms with E-state index in [1.807, 2.05) is 49.5 Å². The molecule has 7 nitrogen and oxygen atoms in total. The Bertz CT molecular complexity index is 1140. The molecule has 1 aliphatic heterocycles. The summed E-state index contributed by atoms with van der Waals surface area (Å²) < 4.78 is 41.2. The van der Waals surface area contributed by atoms with Crippen LogP contribution in [0.1, 0.15) is 36.8 Å². The minimum atomic E-state index is -3.52. The number of benzene rings is 2. The lowest BCUT2D eigenvalue weighted by Crippen LogP contribution is -2.40. The molecule has 0 bridgehead atoms. The van der Waals surface area contributed by atoms with Gasteiger partial charge in [-0.15, -0.1) is 0 Å². The van der Waals surface area contributed by atoms with E-state index in [0.29, 0.717) is 31.2 Å². The first-order chi connectivity index (χ1) is 15.0. The standard InChI is InChI=1S/C23H29N3O4S/c1-3-30-22-11-10-17(14-23(22)29-2)19(16-25-31(27,28)26-12-6-7-13-26)20-15-24-21-9-5-4-8-18(20)21/h4-5,8-11,14-15,19,24-25H,3,6-7,12-13,16H2,1-2H3. The van der Waals surface area contributed by atoms with Crippen LogP contribution in [-0.2, 0) is 10.2 Å². The van der Waals surface area contributed by atoms with Crippen LogP contribution in [0.3, 0.4) is 0 Å². The second-order valence-corrected chi connectivity index (χ2v) is 9.40. The van der Waals surface area contributed by atoms with Gasteiger partial charge in [0.1, 0.15) is 0 Å². The molecule has 1 aromatic heterocycles. The van der Waals surface area contributed by atoms with Crippen molar-refractivity contribution in [3.63, 3.8) is 0 Å². The number of hydrogen-bond acceptors (Lipinski definition) is 4. The number of fused-ring (bicyclic) bond motifs is 1. The molecule has 1 fully saturated rings. The van der Waals surface area contributed by atoms with E-state index in [4.69, 9.17) is 9.47 Å². The lowest BCUT2D eigenvalue weighted by atomic mass is 9.91. The Balaban J connectivity index is 1.71. The molecule has 3 aromatic rings. The summed E-state index contributed by atoms with van der Waals surface area (Å²) in [6, 6.07) is 13.8. The smallest absolute Gasteiger partial charge is 0.279 e. The SMILES string of the molecule is CCOc1ccc(C(CNS(=O)(=O)N2CCCC2)c2c[nH]c3ccccc23)cc1OC. The van der Waals surface area contributed by atoms with Gasteiger partial charge in [-0.05, 0) is 49.1 Å². The van der Waals surface area contributed by atoms with Crippen molar-refractivity contribution in [1.82, 2.24) is 14.0 Å². The highest BCUT2D eigenvalue weighted by molar-refractivity contribution is 7.87. The number of nitrogens with zero attached hydrogens (tertiary/aromatic N) is 1. The molecule has 8 heteroatoms. The fraction of sp³-hybridized carbons (Fsp3) is 0.391. The van der Waals surface area contributed by atoms with Crippen LogP contribution in [0.5, 0.6) is 11.5 Å². The molecule has 0 amide bonds. The number of aromatic nitrogens is 1. The molecular weight excluding hydrogens is 414 g/mol. The Kier molecular flexibility index (Phi) is 6.50. The van der Waals surface area contributed by atoms with Crippen molar-refractivity contribution in [3.8, 4) is 11.5 Å². The number of H-pyrrole nitrogens is 1. The largest absolute Gasteiger partial charge is 0.493 e. The van der Waals surface area contributed by atoms with E-state index in [1.54, 1.807) is 7.11 Å². The van der Waals surface area contributed by atoms with Crippen molar-refractivity contribution in [3.05, 3.63) is 59.8 Å². The summed E-state index contributed by atoms with van der Waals surface area (Å²) in [6.45, 7) is 3.86. The average molecular weight is 444 g/mol. The van der Waals surface area contributed by atoms with Gasteiger partial charge in [-0.1, -0.05) is 24.3 Å². The third-order valence-electron chi connectivity index (χ3n) is 5.76. The maximum Gasteiger partial charge on any atom is 0.279 e. The minimum Gasteiger partial charge on any atom is -0.493 e. The number of methoxy groups -OCH3 is 1. The predicted octanol–water partition coefficient (Wildman–Crippen LogP) is 3.64. The van der Waals surface area contributed by atoms with E-state index in [9.17, 15) is 8.42 Å². The van der Waals surface area contributed by atoms with E-state index in [2.05, 4.69) is 15.8 Å². The Morgan fingerprint density at radius 2 is 1.90 bits per heavy atom. The highest BCUT2D eigenvalue weighted by atomic mass is 32.2. The third-order valence-corrected chi connectivity index (χ3v) is 7.34. The first kappa shape index (κ1) is 21.7. The highest BCUT2D eigenvalue weighted by Gasteiger charge is 2.27. The van der Waals surface area contributed by atoms with Crippen LogP contribution in [0.25, 0.3) is 10.9 Å². The Morgan fingerprint density at radius 3 is 2.65 bits per heavy atom. The van der Waals surface area contributed by atoms with Crippen molar-refractivity contribution in [2.75, 3.05) is 33.4 Å². The van der Waals surface area contributed by atoms with Crippen LogP contribution in [0.2, 0.25) is 0 Å². The van der Waals surface area contributed by atoms with Crippen LogP contribution < -0.4 is 14.2 Å².